The van der Waals surface area contributed by atoms with Crippen molar-refractivity contribution in [3.8, 4) is 11.4 Å². The Labute approximate surface area is 106 Å². The molecule has 2 aromatic heterocycles. The number of fused-ring (bicyclic) bond motifs is 1. The summed E-state index contributed by atoms with van der Waals surface area (Å²) in [5.41, 5.74) is 4.29. The summed E-state index contributed by atoms with van der Waals surface area (Å²) in [5.74, 6) is 1.22. The summed E-state index contributed by atoms with van der Waals surface area (Å²) in [7, 11) is 0. The van der Waals surface area contributed by atoms with Crippen LogP contribution in [0, 0.1) is 6.92 Å². The molecule has 0 saturated heterocycles. The van der Waals surface area contributed by atoms with Crippen LogP contribution in [0.1, 0.15) is 31.0 Å². The molecule has 0 aliphatic rings. The van der Waals surface area contributed by atoms with Crippen molar-refractivity contribution in [2.75, 3.05) is 0 Å². The Hall–Kier alpha value is -2.10. The summed E-state index contributed by atoms with van der Waals surface area (Å²) >= 11 is 0. The zero-order valence-corrected chi connectivity index (χ0v) is 10.8. The molecule has 4 heteroatoms. The monoisotopic (exact) mass is 240 g/mol. The van der Waals surface area contributed by atoms with Gasteiger partial charge in [0.05, 0.1) is 0 Å². The number of benzene rings is 1. The molecule has 4 nitrogen and oxygen atoms in total. The molecule has 0 saturated carbocycles. The summed E-state index contributed by atoms with van der Waals surface area (Å²) in [5, 5.41) is 7.72. The number of aryl methyl sites for hydroxylation is 1. The summed E-state index contributed by atoms with van der Waals surface area (Å²) in [4.78, 5) is 4.55. The van der Waals surface area contributed by atoms with E-state index in [1.165, 1.54) is 5.56 Å². The van der Waals surface area contributed by atoms with Crippen molar-refractivity contribution in [2.24, 2.45) is 0 Å². The molecule has 0 bridgehead atoms. The smallest absolute Gasteiger partial charge is 0.183 e. The average molecular weight is 240 g/mol. The first-order valence-electron chi connectivity index (χ1n) is 6.16. The van der Waals surface area contributed by atoms with Gasteiger partial charge in [-0.3, -0.25) is 5.10 Å². The Bertz CT molecular complexity index is 659. The third kappa shape index (κ3) is 1.79. The molecule has 3 rings (SSSR count). The molecule has 92 valence electrons. The highest BCUT2D eigenvalue weighted by molar-refractivity contribution is 5.59. The lowest BCUT2D eigenvalue weighted by atomic mass is 10.1. The first-order valence-corrected chi connectivity index (χ1v) is 6.16. The molecule has 0 radical (unpaired) electrons. The van der Waals surface area contributed by atoms with E-state index in [4.69, 9.17) is 0 Å². The van der Waals surface area contributed by atoms with Gasteiger partial charge in [-0.15, -0.1) is 5.10 Å². The SMILES string of the molecule is Cc1cccc(-c2nc3cc(C(C)C)[nH]n3n2)c1. The van der Waals surface area contributed by atoms with Crippen LogP contribution in [-0.4, -0.2) is 19.8 Å². The van der Waals surface area contributed by atoms with Crippen LogP contribution in [0.25, 0.3) is 17.0 Å². The van der Waals surface area contributed by atoms with Gasteiger partial charge >= 0.3 is 0 Å². The third-order valence-corrected chi connectivity index (χ3v) is 3.05. The molecule has 3 aromatic rings. The number of nitrogens with one attached hydrogen (secondary N) is 1. The van der Waals surface area contributed by atoms with Crippen LogP contribution < -0.4 is 0 Å². The van der Waals surface area contributed by atoms with Crippen molar-refractivity contribution in [2.45, 2.75) is 26.7 Å². The topological polar surface area (TPSA) is 46.0 Å². The fourth-order valence-electron chi connectivity index (χ4n) is 2.00. The highest BCUT2D eigenvalue weighted by Crippen LogP contribution is 2.19. The van der Waals surface area contributed by atoms with Gasteiger partial charge in [-0.2, -0.15) is 4.63 Å². The summed E-state index contributed by atoms with van der Waals surface area (Å²) < 4.78 is 1.74. The zero-order valence-electron chi connectivity index (χ0n) is 10.8. The maximum Gasteiger partial charge on any atom is 0.183 e. The average Bonchev–Trinajstić information content (AvgIpc) is 2.86. The molecular formula is C14H16N4. The van der Waals surface area contributed by atoms with E-state index in [9.17, 15) is 0 Å². The Morgan fingerprint density at radius 2 is 2.06 bits per heavy atom. The molecular weight excluding hydrogens is 224 g/mol. The molecule has 0 aliphatic heterocycles. The highest BCUT2D eigenvalue weighted by Gasteiger charge is 2.10. The second-order valence-electron chi connectivity index (χ2n) is 4.94. The number of rotatable bonds is 2. The summed E-state index contributed by atoms with van der Waals surface area (Å²) in [6.07, 6.45) is 0. The minimum atomic E-state index is 0.455. The molecule has 0 spiro atoms. The van der Waals surface area contributed by atoms with Crippen molar-refractivity contribution < 1.29 is 0 Å². The van der Waals surface area contributed by atoms with E-state index in [2.05, 4.69) is 54.2 Å². The molecule has 1 N–H and O–H groups in total. The molecule has 2 heterocycles. The number of hydrogen-bond donors (Lipinski definition) is 1. The summed E-state index contributed by atoms with van der Waals surface area (Å²) in [6, 6.07) is 10.3. The lowest BCUT2D eigenvalue weighted by Crippen LogP contribution is -1.92. The van der Waals surface area contributed by atoms with E-state index < -0.39 is 0 Å². The Kier molecular flexibility index (Phi) is 2.44. The first kappa shape index (κ1) is 11.0. The number of hydrogen-bond acceptors (Lipinski definition) is 2. The van der Waals surface area contributed by atoms with Crippen LogP contribution in [0.15, 0.2) is 30.3 Å². The molecule has 18 heavy (non-hydrogen) atoms. The second kappa shape index (κ2) is 3.98. The van der Waals surface area contributed by atoms with E-state index in [1.54, 1.807) is 4.63 Å². The van der Waals surface area contributed by atoms with Crippen LogP contribution in [-0.2, 0) is 0 Å². The van der Waals surface area contributed by atoms with Crippen LogP contribution in [0.2, 0.25) is 0 Å². The Morgan fingerprint density at radius 3 is 2.72 bits per heavy atom. The molecule has 0 amide bonds. The van der Waals surface area contributed by atoms with E-state index in [0.29, 0.717) is 5.92 Å². The van der Waals surface area contributed by atoms with Gasteiger partial charge in [0.25, 0.3) is 0 Å². The van der Waals surface area contributed by atoms with Crippen LogP contribution >= 0.6 is 0 Å². The van der Waals surface area contributed by atoms with Gasteiger partial charge in [0.15, 0.2) is 11.5 Å². The molecule has 0 atom stereocenters. The Morgan fingerprint density at radius 1 is 1.22 bits per heavy atom. The maximum absolute atomic E-state index is 4.55. The normalized spacial score (nSPS) is 11.6. The van der Waals surface area contributed by atoms with Crippen molar-refractivity contribution in [3.05, 3.63) is 41.6 Å². The van der Waals surface area contributed by atoms with Crippen molar-refractivity contribution >= 4 is 5.65 Å². The van der Waals surface area contributed by atoms with Crippen molar-refractivity contribution in [1.29, 1.82) is 0 Å². The fraction of sp³-hybridized carbons (Fsp3) is 0.286. The maximum atomic E-state index is 4.55. The van der Waals surface area contributed by atoms with E-state index in [-0.39, 0.29) is 0 Å². The van der Waals surface area contributed by atoms with E-state index in [0.717, 1.165) is 22.7 Å². The van der Waals surface area contributed by atoms with Gasteiger partial charge in [-0.25, -0.2) is 4.98 Å². The van der Waals surface area contributed by atoms with Gasteiger partial charge < -0.3 is 0 Å². The van der Waals surface area contributed by atoms with E-state index in [1.807, 2.05) is 12.1 Å². The Balaban J connectivity index is 2.06. The van der Waals surface area contributed by atoms with Gasteiger partial charge in [0.1, 0.15) is 0 Å². The van der Waals surface area contributed by atoms with Gasteiger partial charge in [-0.05, 0) is 18.9 Å². The lowest BCUT2D eigenvalue weighted by molar-refractivity contribution is 0.744. The number of aromatic nitrogens is 4. The van der Waals surface area contributed by atoms with Crippen LogP contribution in [0.5, 0.6) is 0 Å². The molecule has 0 unspecified atom stereocenters. The second-order valence-corrected chi connectivity index (χ2v) is 4.94. The third-order valence-electron chi connectivity index (χ3n) is 3.05. The van der Waals surface area contributed by atoms with E-state index >= 15 is 0 Å². The number of aromatic amines is 1. The zero-order chi connectivity index (χ0) is 12.7. The standard InChI is InChI=1S/C14H16N4/c1-9(2)12-8-13-15-14(17-18(13)16-12)11-6-4-5-10(3)7-11/h4-9,16H,1-3H3. The van der Waals surface area contributed by atoms with Crippen LogP contribution in [0.4, 0.5) is 0 Å². The quantitative estimate of drug-likeness (QED) is 0.748. The van der Waals surface area contributed by atoms with Gasteiger partial charge in [0, 0.05) is 17.3 Å². The number of H-pyrrole nitrogens is 1. The van der Waals surface area contributed by atoms with Crippen LogP contribution in [0.3, 0.4) is 0 Å². The number of nitrogens with zero attached hydrogens (tertiary/aromatic N) is 3. The summed E-state index contributed by atoms with van der Waals surface area (Å²) in [6.45, 7) is 6.36. The lowest BCUT2D eigenvalue weighted by Gasteiger charge is -1.98. The fourth-order valence-corrected chi connectivity index (χ4v) is 2.00. The molecule has 1 aromatic carbocycles. The minimum Gasteiger partial charge on any atom is -0.280 e. The largest absolute Gasteiger partial charge is 0.280 e. The van der Waals surface area contributed by atoms with Gasteiger partial charge in [-0.1, -0.05) is 37.6 Å². The molecule has 0 aliphatic carbocycles. The first-order chi connectivity index (χ1) is 8.63. The van der Waals surface area contributed by atoms with Crippen molar-refractivity contribution in [3.63, 3.8) is 0 Å². The predicted octanol–water partition coefficient (Wildman–Crippen LogP) is 3.16. The predicted molar refractivity (Wildman–Crippen MR) is 71.6 cm³/mol. The molecule has 0 fully saturated rings. The van der Waals surface area contributed by atoms with Crippen molar-refractivity contribution in [1.82, 2.24) is 19.8 Å². The highest BCUT2D eigenvalue weighted by atomic mass is 15.5. The minimum absolute atomic E-state index is 0.455. The van der Waals surface area contributed by atoms with Gasteiger partial charge in [0.2, 0.25) is 0 Å².